The Morgan fingerprint density at radius 1 is 1.38 bits per heavy atom. The minimum Gasteiger partial charge on any atom is -0.371 e. The molecule has 2 rings (SSSR count). The monoisotopic (exact) mass is 220 g/mol. The number of benzene rings is 1. The number of anilines is 1. The van der Waals surface area contributed by atoms with Gasteiger partial charge in [-0.2, -0.15) is 0 Å². The Labute approximate surface area is 95.0 Å². The van der Waals surface area contributed by atoms with E-state index in [-0.39, 0.29) is 10.6 Å². The van der Waals surface area contributed by atoms with Crippen LogP contribution in [0.1, 0.15) is 19.8 Å². The summed E-state index contributed by atoms with van der Waals surface area (Å²) in [6.07, 6.45) is 2.34. The summed E-state index contributed by atoms with van der Waals surface area (Å²) in [5.41, 5.74) is 1.15. The van der Waals surface area contributed by atoms with E-state index >= 15 is 0 Å². The molecular weight excluding hydrogens is 204 g/mol. The van der Waals surface area contributed by atoms with Crippen molar-refractivity contribution in [2.45, 2.75) is 19.8 Å². The van der Waals surface area contributed by atoms with Crippen molar-refractivity contribution >= 4 is 11.4 Å². The zero-order chi connectivity index (χ0) is 11.5. The average Bonchev–Trinajstić information content (AvgIpc) is 2.30. The van der Waals surface area contributed by atoms with Gasteiger partial charge in [0.1, 0.15) is 0 Å². The number of piperidine rings is 1. The Morgan fingerprint density at radius 2 is 2.06 bits per heavy atom. The summed E-state index contributed by atoms with van der Waals surface area (Å²) in [7, 11) is 0. The molecule has 1 aromatic rings. The summed E-state index contributed by atoms with van der Waals surface area (Å²) in [6.45, 7) is 4.26. The molecule has 0 spiro atoms. The number of rotatable bonds is 2. The molecule has 1 saturated heterocycles. The molecule has 86 valence electrons. The van der Waals surface area contributed by atoms with Crippen molar-refractivity contribution in [3.05, 3.63) is 34.4 Å². The zero-order valence-corrected chi connectivity index (χ0v) is 9.43. The van der Waals surface area contributed by atoms with Gasteiger partial charge in [-0.3, -0.25) is 10.1 Å². The first-order valence-corrected chi connectivity index (χ1v) is 5.66. The first kappa shape index (κ1) is 10.9. The van der Waals surface area contributed by atoms with Crippen molar-refractivity contribution in [3.8, 4) is 0 Å². The van der Waals surface area contributed by atoms with Crippen LogP contribution in [0.4, 0.5) is 11.4 Å². The topological polar surface area (TPSA) is 46.4 Å². The maximum Gasteiger partial charge on any atom is 0.271 e. The minimum absolute atomic E-state index is 0.177. The standard InChI is InChI=1S/C12H16N2O2/c1-10-5-7-13(8-6-10)11-3-2-4-12(9-11)14(15)16/h2-4,9-10H,5-8H2,1H3. The molecule has 16 heavy (non-hydrogen) atoms. The van der Waals surface area contributed by atoms with Crippen LogP contribution in [-0.2, 0) is 0 Å². The molecule has 4 heteroatoms. The molecule has 0 aromatic heterocycles. The van der Waals surface area contributed by atoms with E-state index in [1.54, 1.807) is 12.1 Å². The van der Waals surface area contributed by atoms with Gasteiger partial charge in [-0.1, -0.05) is 13.0 Å². The maximum atomic E-state index is 10.7. The Balaban J connectivity index is 2.14. The maximum absolute atomic E-state index is 10.7. The molecule has 0 N–H and O–H groups in total. The van der Waals surface area contributed by atoms with Crippen molar-refractivity contribution in [2.24, 2.45) is 5.92 Å². The highest BCUT2D eigenvalue weighted by Gasteiger charge is 2.17. The van der Waals surface area contributed by atoms with Crippen LogP contribution in [0.25, 0.3) is 0 Å². The highest BCUT2D eigenvalue weighted by molar-refractivity contribution is 5.53. The first-order chi connectivity index (χ1) is 7.66. The van der Waals surface area contributed by atoms with Gasteiger partial charge in [0.25, 0.3) is 5.69 Å². The zero-order valence-electron chi connectivity index (χ0n) is 9.43. The van der Waals surface area contributed by atoms with Crippen LogP contribution in [0.15, 0.2) is 24.3 Å². The second kappa shape index (κ2) is 4.51. The molecule has 0 atom stereocenters. The SMILES string of the molecule is CC1CCN(c2cccc([N+](=O)[O-])c2)CC1. The van der Waals surface area contributed by atoms with Gasteiger partial charge in [0.15, 0.2) is 0 Å². The Bertz CT molecular complexity index is 384. The third kappa shape index (κ3) is 2.32. The van der Waals surface area contributed by atoms with E-state index in [9.17, 15) is 10.1 Å². The van der Waals surface area contributed by atoms with Crippen molar-refractivity contribution in [3.63, 3.8) is 0 Å². The van der Waals surface area contributed by atoms with Gasteiger partial charge in [0, 0.05) is 30.9 Å². The number of hydrogen-bond acceptors (Lipinski definition) is 3. The molecule has 1 heterocycles. The van der Waals surface area contributed by atoms with Gasteiger partial charge >= 0.3 is 0 Å². The van der Waals surface area contributed by atoms with Crippen LogP contribution in [-0.4, -0.2) is 18.0 Å². The van der Waals surface area contributed by atoms with Crippen LogP contribution in [0.3, 0.4) is 0 Å². The second-order valence-corrected chi connectivity index (χ2v) is 4.45. The van der Waals surface area contributed by atoms with Crippen LogP contribution >= 0.6 is 0 Å². The largest absolute Gasteiger partial charge is 0.371 e. The predicted molar refractivity (Wildman–Crippen MR) is 63.7 cm³/mol. The van der Waals surface area contributed by atoms with Crippen LogP contribution in [0.5, 0.6) is 0 Å². The van der Waals surface area contributed by atoms with Crippen LogP contribution in [0.2, 0.25) is 0 Å². The normalized spacial score (nSPS) is 17.4. The van der Waals surface area contributed by atoms with Gasteiger partial charge < -0.3 is 4.90 Å². The summed E-state index contributed by atoms with van der Waals surface area (Å²) >= 11 is 0. The Kier molecular flexibility index (Phi) is 3.08. The predicted octanol–water partition coefficient (Wildman–Crippen LogP) is 2.83. The molecule has 0 radical (unpaired) electrons. The smallest absolute Gasteiger partial charge is 0.271 e. The molecule has 1 fully saturated rings. The van der Waals surface area contributed by atoms with E-state index in [0.29, 0.717) is 0 Å². The van der Waals surface area contributed by atoms with E-state index in [0.717, 1.165) is 24.7 Å². The lowest BCUT2D eigenvalue weighted by atomic mass is 9.99. The molecule has 0 bridgehead atoms. The van der Waals surface area contributed by atoms with Gasteiger partial charge in [-0.15, -0.1) is 0 Å². The molecule has 0 saturated carbocycles. The highest BCUT2D eigenvalue weighted by atomic mass is 16.6. The van der Waals surface area contributed by atoms with Gasteiger partial charge in [-0.25, -0.2) is 0 Å². The third-order valence-corrected chi connectivity index (χ3v) is 3.19. The molecule has 0 aliphatic carbocycles. The number of nitro groups is 1. The highest BCUT2D eigenvalue weighted by Crippen LogP contribution is 2.25. The van der Waals surface area contributed by atoms with Crippen molar-refractivity contribution in [1.82, 2.24) is 0 Å². The van der Waals surface area contributed by atoms with Crippen molar-refractivity contribution in [2.75, 3.05) is 18.0 Å². The molecule has 0 amide bonds. The molecule has 1 aliphatic heterocycles. The van der Waals surface area contributed by atoms with E-state index in [1.165, 1.54) is 18.9 Å². The van der Waals surface area contributed by atoms with E-state index in [4.69, 9.17) is 0 Å². The lowest BCUT2D eigenvalue weighted by Crippen LogP contribution is -2.32. The number of nitrogens with zero attached hydrogens (tertiary/aromatic N) is 2. The lowest BCUT2D eigenvalue weighted by Gasteiger charge is -2.31. The van der Waals surface area contributed by atoms with Gasteiger partial charge in [0.2, 0.25) is 0 Å². The van der Waals surface area contributed by atoms with E-state index in [2.05, 4.69) is 11.8 Å². The fraction of sp³-hybridized carbons (Fsp3) is 0.500. The summed E-state index contributed by atoms with van der Waals surface area (Å²) in [6, 6.07) is 6.90. The van der Waals surface area contributed by atoms with Crippen LogP contribution < -0.4 is 4.90 Å². The Morgan fingerprint density at radius 3 is 2.69 bits per heavy atom. The van der Waals surface area contributed by atoms with Gasteiger partial charge in [0.05, 0.1) is 4.92 Å². The summed E-state index contributed by atoms with van der Waals surface area (Å²) in [4.78, 5) is 12.6. The number of non-ortho nitro benzene ring substituents is 1. The molecular formula is C12H16N2O2. The molecule has 1 aliphatic rings. The van der Waals surface area contributed by atoms with Crippen LogP contribution in [0, 0.1) is 16.0 Å². The average molecular weight is 220 g/mol. The van der Waals surface area contributed by atoms with E-state index < -0.39 is 0 Å². The second-order valence-electron chi connectivity index (χ2n) is 4.45. The lowest BCUT2D eigenvalue weighted by molar-refractivity contribution is -0.384. The summed E-state index contributed by atoms with van der Waals surface area (Å²) < 4.78 is 0. The Hall–Kier alpha value is -1.58. The van der Waals surface area contributed by atoms with Crippen molar-refractivity contribution in [1.29, 1.82) is 0 Å². The number of nitro benzene ring substituents is 1. The number of hydrogen-bond donors (Lipinski definition) is 0. The fourth-order valence-electron chi connectivity index (χ4n) is 2.07. The van der Waals surface area contributed by atoms with E-state index in [1.807, 2.05) is 6.07 Å². The molecule has 4 nitrogen and oxygen atoms in total. The molecule has 0 unspecified atom stereocenters. The van der Waals surface area contributed by atoms with Gasteiger partial charge in [-0.05, 0) is 24.8 Å². The van der Waals surface area contributed by atoms with Crippen molar-refractivity contribution < 1.29 is 4.92 Å². The molecule has 1 aromatic carbocycles. The summed E-state index contributed by atoms with van der Waals surface area (Å²) in [5, 5.41) is 10.7. The minimum atomic E-state index is -0.337. The fourth-order valence-corrected chi connectivity index (χ4v) is 2.07. The first-order valence-electron chi connectivity index (χ1n) is 5.66. The summed E-state index contributed by atoms with van der Waals surface area (Å²) in [5.74, 6) is 0.773. The third-order valence-electron chi connectivity index (χ3n) is 3.19. The quantitative estimate of drug-likeness (QED) is 0.568.